The van der Waals surface area contributed by atoms with Crippen molar-refractivity contribution in [1.82, 2.24) is 15.0 Å². The van der Waals surface area contributed by atoms with Gasteiger partial charge in [0.2, 0.25) is 0 Å². The fourth-order valence-electron chi connectivity index (χ4n) is 2.30. The van der Waals surface area contributed by atoms with E-state index in [0.717, 1.165) is 38.9 Å². The summed E-state index contributed by atoms with van der Waals surface area (Å²) in [6.07, 6.45) is 2.63. The Labute approximate surface area is 131 Å². The number of rotatable bonds is 3. The number of nitrogens with zero attached hydrogens (tertiary/aromatic N) is 3. The lowest BCUT2D eigenvalue weighted by Gasteiger charge is -2.11. The predicted octanol–water partition coefficient (Wildman–Crippen LogP) is 4.06. The Morgan fingerprint density at radius 2 is 1.95 bits per heavy atom. The second-order valence-electron chi connectivity index (χ2n) is 4.64. The Bertz CT molecular complexity index is 771. The van der Waals surface area contributed by atoms with Crippen molar-refractivity contribution in [2.24, 2.45) is 0 Å². The Morgan fingerprint density at radius 1 is 1.14 bits per heavy atom. The first-order chi connectivity index (χ1) is 10.2. The highest BCUT2D eigenvalue weighted by atomic mass is 79.9. The molecule has 0 unspecified atom stereocenters. The summed E-state index contributed by atoms with van der Waals surface area (Å²) in [5.41, 5.74) is 1.78. The van der Waals surface area contributed by atoms with Crippen LogP contribution in [0.15, 0.2) is 41.0 Å². The van der Waals surface area contributed by atoms with Gasteiger partial charge in [-0.3, -0.25) is 4.98 Å². The molecule has 21 heavy (non-hydrogen) atoms. The quantitative estimate of drug-likeness (QED) is 0.779. The van der Waals surface area contributed by atoms with Gasteiger partial charge in [-0.2, -0.15) is 0 Å². The van der Waals surface area contributed by atoms with E-state index in [-0.39, 0.29) is 0 Å². The standard InChI is InChI=1S/C16H15BrN4/c1-3-12-13(17)15(18-2)21-16(20-12)14-11-7-5-4-6-10(11)8-9-19-14/h4-9H,3H2,1-2H3,(H,18,20,21). The van der Waals surface area contributed by atoms with Crippen LogP contribution in [-0.2, 0) is 6.42 Å². The average Bonchev–Trinajstić information content (AvgIpc) is 2.54. The molecule has 0 spiro atoms. The third-order valence-corrected chi connectivity index (χ3v) is 4.21. The smallest absolute Gasteiger partial charge is 0.181 e. The summed E-state index contributed by atoms with van der Waals surface area (Å²) in [6.45, 7) is 2.08. The van der Waals surface area contributed by atoms with Crippen LogP contribution in [-0.4, -0.2) is 22.0 Å². The maximum atomic E-state index is 4.66. The molecule has 0 aliphatic heterocycles. The highest BCUT2D eigenvalue weighted by Gasteiger charge is 2.14. The van der Waals surface area contributed by atoms with Gasteiger partial charge >= 0.3 is 0 Å². The maximum absolute atomic E-state index is 4.66. The number of aryl methyl sites for hydroxylation is 1. The predicted molar refractivity (Wildman–Crippen MR) is 89.4 cm³/mol. The van der Waals surface area contributed by atoms with E-state index in [2.05, 4.69) is 49.2 Å². The molecule has 1 aromatic carbocycles. The van der Waals surface area contributed by atoms with E-state index in [9.17, 15) is 0 Å². The van der Waals surface area contributed by atoms with Gasteiger partial charge in [0.05, 0.1) is 10.2 Å². The Hall–Kier alpha value is -2.01. The SMILES string of the molecule is CCc1nc(-c2nccc3ccccc23)nc(NC)c1Br. The van der Waals surface area contributed by atoms with Crippen molar-refractivity contribution < 1.29 is 0 Å². The van der Waals surface area contributed by atoms with Crippen LogP contribution in [0.4, 0.5) is 5.82 Å². The Kier molecular flexibility index (Phi) is 3.84. The van der Waals surface area contributed by atoms with Gasteiger partial charge in [0.1, 0.15) is 11.5 Å². The van der Waals surface area contributed by atoms with Crippen LogP contribution in [0.2, 0.25) is 0 Å². The number of anilines is 1. The molecular weight excluding hydrogens is 328 g/mol. The molecule has 0 aliphatic carbocycles. The zero-order chi connectivity index (χ0) is 14.8. The molecule has 0 radical (unpaired) electrons. The minimum absolute atomic E-state index is 0.649. The van der Waals surface area contributed by atoms with Crippen molar-refractivity contribution in [2.75, 3.05) is 12.4 Å². The molecule has 2 aromatic heterocycles. The summed E-state index contributed by atoms with van der Waals surface area (Å²) in [4.78, 5) is 13.7. The first-order valence-electron chi connectivity index (χ1n) is 6.83. The van der Waals surface area contributed by atoms with E-state index in [0.29, 0.717) is 5.82 Å². The van der Waals surface area contributed by atoms with E-state index < -0.39 is 0 Å². The van der Waals surface area contributed by atoms with Gasteiger partial charge in [0.25, 0.3) is 0 Å². The van der Waals surface area contributed by atoms with Crippen LogP contribution in [0.25, 0.3) is 22.3 Å². The summed E-state index contributed by atoms with van der Waals surface area (Å²) in [5.74, 6) is 1.43. The van der Waals surface area contributed by atoms with Gasteiger partial charge in [0, 0.05) is 18.6 Å². The average molecular weight is 343 g/mol. The van der Waals surface area contributed by atoms with Crippen molar-refractivity contribution in [1.29, 1.82) is 0 Å². The normalized spacial score (nSPS) is 10.8. The summed E-state index contributed by atoms with van der Waals surface area (Å²) < 4.78 is 0.913. The van der Waals surface area contributed by atoms with Gasteiger partial charge in [-0.25, -0.2) is 9.97 Å². The molecule has 106 valence electrons. The molecule has 5 heteroatoms. The fraction of sp³-hybridized carbons (Fsp3) is 0.188. The molecule has 0 amide bonds. The van der Waals surface area contributed by atoms with Gasteiger partial charge in [-0.1, -0.05) is 31.2 Å². The fourth-order valence-corrected chi connectivity index (χ4v) is 2.95. The van der Waals surface area contributed by atoms with Gasteiger partial charge in [-0.15, -0.1) is 0 Å². The van der Waals surface area contributed by atoms with Crippen LogP contribution in [0.1, 0.15) is 12.6 Å². The van der Waals surface area contributed by atoms with Crippen molar-refractivity contribution in [3.05, 3.63) is 46.7 Å². The molecule has 0 fully saturated rings. The molecule has 0 saturated heterocycles. The summed E-state index contributed by atoms with van der Waals surface area (Å²) in [6, 6.07) is 10.1. The zero-order valence-electron chi connectivity index (χ0n) is 11.9. The minimum atomic E-state index is 0.649. The first kappa shape index (κ1) is 13.9. The van der Waals surface area contributed by atoms with Crippen molar-refractivity contribution in [3.63, 3.8) is 0 Å². The Morgan fingerprint density at radius 3 is 2.71 bits per heavy atom. The summed E-state index contributed by atoms with van der Waals surface area (Å²) >= 11 is 3.55. The van der Waals surface area contributed by atoms with E-state index in [1.165, 1.54) is 0 Å². The van der Waals surface area contributed by atoms with Gasteiger partial charge in [0.15, 0.2) is 5.82 Å². The molecule has 2 heterocycles. The number of hydrogen-bond acceptors (Lipinski definition) is 4. The molecule has 0 bridgehead atoms. The lowest BCUT2D eigenvalue weighted by molar-refractivity contribution is 0.986. The largest absolute Gasteiger partial charge is 0.372 e. The van der Waals surface area contributed by atoms with Crippen LogP contribution in [0.3, 0.4) is 0 Å². The number of nitrogens with one attached hydrogen (secondary N) is 1. The van der Waals surface area contributed by atoms with Crippen LogP contribution >= 0.6 is 15.9 Å². The molecule has 0 atom stereocenters. The summed E-state index contributed by atoms with van der Waals surface area (Å²) in [5, 5.41) is 5.30. The third-order valence-electron chi connectivity index (χ3n) is 3.38. The number of aromatic nitrogens is 3. The molecule has 3 rings (SSSR count). The van der Waals surface area contributed by atoms with Crippen molar-refractivity contribution in [3.8, 4) is 11.5 Å². The number of pyridine rings is 1. The third kappa shape index (κ3) is 2.49. The minimum Gasteiger partial charge on any atom is -0.372 e. The van der Waals surface area contributed by atoms with E-state index in [4.69, 9.17) is 0 Å². The lowest BCUT2D eigenvalue weighted by Crippen LogP contribution is -2.03. The van der Waals surface area contributed by atoms with E-state index >= 15 is 0 Å². The van der Waals surface area contributed by atoms with Crippen molar-refractivity contribution in [2.45, 2.75) is 13.3 Å². The number of fused-ring (bicyclic) bond motifs is 1. The topological polar surface area (TPSA) is 50.7 Å². The maximum Gasteiger partial charge on any atom is 0.181 e. The van der Waals surface area contributed by atoms with Gasteiger partial charge in [-0.05, 0) is 33.8 Å². The Balaban J connectivity index is 2.28. The number of benzene rings is 1. The number of hydrogen-bond donors (Lipinski definition) is 1. The second-order valence-corrected chi connectivity index (χ2v) is 5.43. The van der Waals surface area contributed by atoms with Gasteiger partial charge < -0.3 is 5.32 Å². The molecule has 4 nitrogen and oxygen atoms in total. The van der Waals surface area contributed by atoms with Crippen molar-refractivity contribution >= 4 is 32.5 Å². The molecular formula is C16H15BrN4. The zero-order valence-corrected chi connectivity index (χ0v) is 13.5. The van der Waals surface area contributed by atoms with Crippen LogP contribution in [0.5, 0.6) is 0 Å². The monoisotopic (exact) mass is 342 g/mol. The van der Waals surface area contributed by atoms with Crippen LogP contribution in [0, 0.1) is 0 Å². The first-order valence-corrected chi connectivity index (χ1v) is 7.62. The van der Waals surface area contributed by atoms with E-state index in [1.807, 2.05) is 31.3 Å². The molecule has 1 N–H and O–H groups in total. The highest BCUT2D eigenvalue weighted by Crippen LogP contribution is 2.29. The van der Waals surface area contributed by atoms with E-state index in [1.54, 1.807) is 6.20 Å². The van der Waals surface area contributed by atoms with Crippen LogP contribution < -0.4 is 5.32 Å². The molecule has 0 saturated carbocycles. The second kappa shape index (κ2) is 5.77. The highest BCUT2D eigenvalue weighted by molar-refractivity contribution is 9.10. The lowest BCUT2D eigenvalue weighted by atomic mass is 10.1. The summed E-state index contributed by atoms with van der Waals surface area (Å²) in [7, 11) is 1.85. The molecule has 3 aromatic rings. The number of halogens is 1. The molecule has 0 aliphatic rings.